The Morgan fingerprint density at radius 3 is 3.06 bits per heavy atom. The van der Waals surface area contributed by atoms with Gasteiger partial charge in [-0.25, -0.2) is 4.79 Å². The second-order valence-corrected chi connectivity index (χ2v) is 4.30. The normalized spacial score (nSPS) is 19.9. The average Bonchev–Trinajstić information content (AvgIpc) is 2.93. The number of ether oxygens (including phenoxy) is 1. The van der Waals surface area contributed by atoms with E-state index < -0.39 is 0 Å². The zero-order valence-corrected chi connectivity index (χ0v) is 9.69. The van der Waals surface area contributed by atoms with Crippen molar-refractivity contribution >= 4 is 11.0 Å². The number of aromatic amines is 1. The van der Waals surface area contributed by atoms with Crippen LogP contribution in [0.4, 0.5) is 0 Å². The smallest absolute Gasteiger partial charge is 0.326 e. The topological polar surface area (TPSA) is 59.1 Å². The van der Waals surface area contributed by atoms with E-state index >= 15 is 0 Å². The van der Waals surface area contributed by atoms with Crippen LogP contribution in [0.3, 0.4) is 0 Å². The zero-order chi connectivity index (χ0) is 11.8. The molecule has 1 atom stereocenters. The van der Waals surface area contributed by atoms with Crippen LogP contribution in [-0.2, 0) is 0 Å². The Balaban J connectivity index is 2.24. The monoisotopic (exact) mass is 233 g/mol. The molecule has 1 unspecified atom stereocenters. The number of benzene rings is 1. The SMILES string of the molecule is COc1cccc2c1[nH]c(=O)n2C1CCNC1. The first kappa shape index (κ1) is 10.4. The van der Waals surface area contributed by atoms with Crippen LogP contribution in [0.5, 0.6) is 5.75 Å². The summed E-state index contributed by atoms with van der Waals surface area (Å²) in [7, 11) is 1.61. The van der Waals surface area contributed by atoms with Gasteiger partial charge in [0, 0.05) is 6.54 Å². The van der Waals surface area contributed by atoms with E-state index in [-0.39, 0.29) is 11.7 Å². The van der Waals surface area contributed by atoms with Crippen LogP contribution in [-0.4, -0.2) is 29.8 Å². The lowest BCUT2D eigenvalue weighted by atomic mass is 10.2. The molecular weight excluding hydrogens is 218 g/mol. The predicted octanol–water partition coefficient (Wildman–Crippen LogP) is 0.873. The molecule has 0 bridgehead atoms. The number of nitrogens with zero attached hydrogens (tertiary/aromatic N) is 1. The number of para-hydroxylation sites is 1. The van der Waals surface area contributed by atoms with E-state index in [1.807, 2.05) is 22.8 Å². The molecule has 5 heteroatoms. The van der Waals surface area contributed by atoms with Crippen molar-refractivity contribution in [3.8, 4) is 5.75 Å². The summed E-state index contributed by atoms with van der Waals surface area (Å²) < 4.78 is 7.09. The molecule has 1 aromatic heterocycles. The van der Waals surface area contributed by atoms with Gasteiger partial charge in [-0.2, -0.15) is 0 Å². The van der Waals surface area contributed by atoms with Crippen molar-refractivity contribution in [2.75, 3.05) is 20.2 Å². The fourth-order valence-electron chi connectivity index (χ4n) is 2.51. The number of rotatable bonds is 2. The summed E-state index contributed by atoms with van der Waals surface area (Å²) in [5, 5.41) is 3.28. The third-order valence-corrected chi connectivity index (χ3v) is 3.33. The number of aromatic nitrogens is 2. The van der Waals surface area contributed by atoms with Crippen LogP contribution < -0.4 is 15.7 Å². The number of H-pyrrole nitrogens is 1. The van der Waals surface area contributed by atoms with Gasteiger partial charge in [-0.1, -0.05) is 6.07 Å². The molecular formula is C12H15N3O2. The minimum absolute atomic E-state index is 0.0572. The molecule has 3 rings (SSSR count). The fraction of sp³-hybridized carbons (Fsp3) is 0.417. The van der Waals surface area contributed by atoms with E-state index in [0.29, 0.717) is 5.75 Å². The van der Waals surface area contributed by atoms with Crippen molar-refractivity contribution in [2.24, 2.45) is 0 Å². The van der Waals surface area contributed by atoms with Crippen LogP contribution in [0.1, 0.15) is 12.5 Å². The summed E-state index contributed by atoms with van der Waals surface area (Å²) in [5.41, 5.74) is 1.65. The molecule has 5 nitrogen and oxygen atoms in total. The highest BCUT2D eigenvalue weighted by Gasteiger charge is 2.21. The Kier molecular flexibility index (Phi) is 2.40. The number of methoxy groups -OCH3 is 1. The number of nitrogens with one attached hydrogen (secondary N) is 2. The Bertz CT molecular complexity index is 593. The van der Waals surface area contributed by atoms with Crippen molar-refractivity contribution in [3.05, 3.63) is 28.7 Å². The van der Waals surface area contributed by atoms with Gasteiger partial charge in [0.2, 0.25) is 0 Å². The number of imidazole rings is 1. The van der Waals surface area contributed by atoms with E-state index in [9.17, 15) is 4.79 Å². The Morgan fingerprint density at radius 2 is 2.35 bits per heavy atom. The van der Waals surface area contributed by atoms with Gasteiger partial charge in [0.15, 0.2) is 0 Å². The maximum atomic E-state index is 12.0. The highest BCUT2D eigenvalue weighted by atomic mass is 16.5. The van der Waals surface area contributed by atoms with E-state index in [2.05, 4.69) is 10.3 Å². The molecule has 2 N–H and O–H groups in total. The van der Waals surface area contributed by atoms with E-state index in [0.717, 1.165) is 30.5 Å². The van der Waals surface area contributed by atoms with Gasteiger partial charge < -0.3 is 15.0 Å². The van der Waals surface area contributed by atoms with Gasteiger partial charge in [-0.15, -0.1) is 0 Å². The minimum atomic E-state index is -0.0572. The first-order valence-corrected chi connectivity index (χ1v) is 5.79. The highest BCUT2D eigenvalue weighted by Crippen LogP contribution is 2.25. The summed E-state index contributed by atoms with van der Waals surface area (Å²) in [6.07, 6.45) is 0.990. The maximum absolute atomic E-state index is 12.0. The molecule has 1 aromatic carbocycles. The van der Waals surface area contributed by atoms with Gasteiger partial charge in [0.05, 0.1) is 18.7 Å². The molecule has 17 heavy (non-hydrogen) atoms. The van der Waals surface area contributed by atoms with Gasteiger partial charge in [-0.3, -0.25) is 4.57 Å². The van der Waals surface area contributed by atoms with E-state index in [4.69, 9.17) is 4.74 Å². The van der Waals surface area contributed by atoms with E-state index in [1.54, 1.807) is 7.11 Å². The van der Waals surface area contributed by atoms with Crippen LogP contribution in [0.2, 0.25) is 0 Å². The number of fused-ring (bicyclic) bond motifs is 1. The molecule has 2 heterocycles. The lowest BCUT2D eigenvalue weighted by Crippen LogP contribution is -2.23. The summed E-state index contributed by atoms with van der Waals surface area (Å²) >= 11 is 0. The summed E-state index contributed by atoms with van der Waals surface area (Å²) in [4.78, 5) is 14.9. The van der Waals surface area contributed by atoms with Crippen LogP contribution in [0.25, 0.3) is 11.0 Å². The lowest BCUT2D eigenvalue weighted by Gasteiger charge is -2.10. The summed E-state index contributed by atoms with van der Waals surface area (Å²) in [6, 6.07) is 5.96. The quantitative estimate of drug-likeness (QED) is 0.809. The first-order valence-electron chi connectivity index (χ1n) is 5.79. The van der Waals surface area contributed by atoms with E-state index in [1.165, 1.54) is 0 Å². The van der Waals surface area contributed by atoms with Gasteiger partial charge in [0.25, 0.3) is 0 Å². The Morgan fingerprint density at radius 1 is 1.47 bits per heavy atom. The molecule has 0 spiro atoms. The molecule has 1 fully saturated rings. The van der Waals surface area contributed by atoms with Crippen molar-refractivity contribution in [1.82, 2.24) is 14.9 Å². The Hall–Kier alpha value is -1.75. The third-order valence-electron chi connectivity index (χ3n) is 3.33. The van der Waals surface area contributed by atoms with Crippen LogP contribution >= 0.6 is 0 Å². The number of hydrogen-bond donors (Lipinski definition) is 2. The third kappa shape index (κ3) is 1.54. The molecule has 2 aromatic rings. The first-order chi connectivity index (χ1) is 8.31. The molecule has 0 saturated carbocycles. The predicted molar refractivity (Wildman–Crippen MR) is 65.6 cm³/mol. The highest BCUT2D eigenvalue weighted by molar-refractivity contribution is 5.82. The molecule has 90 valence electrons. The van der Waals surface area contributed by atoms with Gasteiger partial charge in [-0.05, 0) is 25.1 Å². The zero-order valence-electron chi connectivity index (χ0n) is 9.69. The standard InChI is InChI=1S/C12H15N3O2/c1-17-10-4-2-3-9-11(10)14-12(16)15(9)8-5-6-13-7-8/h2-4,8,13H,5-7H2,1H3,(H,14,16). The van der Waals surface area contributed by atoms with Crippen molar-refractivity contribution in [1.29, 1.82) is 0 Å². The fourth-order valence-corrected chi connectivity index (χ4v) is 2.51. The number of hydrogen-bond acceptors (Lipinski definition) is 3. The lowest BCUT2D eigenvalue weighted by molar-refractivity contribution is 0.419. The van der Waals surface area contributed by atoms with Crippen molar-refractivity contribution in [3.63, 3.8) is 0 Å². The molecule has 1 aliphatic heterocycles. The average molecular weight is 233 g/mol. The molecule has 1 aliphatic rings. The second kappa shape index (κ2) is 3.92. The Labute approximate surface area is 98.4 Å². The molecule has 0 aliphatic carbocycles. The molecule has 0 amide bonds. The van der Waals surface area contributed by atoms with Gasteiger partial charge >= 0.3 is 5.69 Å². The maximum Gasteiger partial charge on any atom is 0.326 e. The van der Waals surface area contributed by atoms with Crippen LogP contribution in [0, 0.1) is 0 Å². The summed E-state index contributed by atoms with van der Waals surface area (Å²) in [6.45, 7) is 1.82. The minimum Gasteiger partial charge on any atom is -0.494 e. The van der Waals surface area contributed by atoms with Crippen molar-refractivity contribution in [2.45, 2.75) is 12.5 Å². The second-order valence-electron chi connectivity index (χ2n) is 4.30. The molecule has 1 saturated heterocycles. The summed E-state index contributed by atoms with van der Waals surface area (Å²) in [5.74, 6) is 0.712. The van der Waals surface area contributed by atoms with Gasteiger partial charge in [0.1, 0.15) is 11.3 Å². The largest absolute Gasteiger partial charge is 0.494 e. The van der Waals surface area contributed by atoms with Crippen molar-refractivity contribution < 1.29 is 4.74 Å². The molecule has 0 radical (unpaired) electrons. The van der Waals surface area contributed by atoms with Crippen LogP contribution in [0.15, 0.2) is 23.0 Å².